The van der Waals surface area contributed by atoms with Crippen LogP contribution in [0.4, 0.5) is 0 Å². The lowest BCUT2D eigenvalue weighted by molar-refractivity contribution is 0.414. The van der Waals surface area contributed by atoms with E-state index in [9.17, 15) is 0 Å². The van der Waals surface area contributed by atoms with E-state index in [0.717, 1.165) is 31.7 Å². The van der Waals surface area contributed by atoms with E-state index in [4.69, 9.17) is 4.74 Å². The maximum absolute atomic E-state index is 5.18. The van der Waals surface area contributed by atoms with Gasteiger partial charge in [-0.05, 0) is 50.6 Å². The van der Waals surface area contributed by atoms with Crippen LogP contribution < -0.4 is 10.1 Å². The minimum atomic E-state index is 0.930. The Labute approximate surface area is 98.3 Å². The average Bonchev–Trinajstić information content (AvgIpc) is 2.28. The first-order valence-electron chi connectivity index (χ1n) is 5.70. The molecule has 0 aliphatic heterocycles. The van der Waals surface area contributed by atoms with Crippen molar-refractivity contribution in [2.24, 2.45) is 0 Å². The SMILES string of the molecule is C=C(C)CCNCCc1cccc(OC)c1. The van der Waals surface area contributed by atoms with Crippen LogP contribution in [-0.4, -0.2) is 20.2 Å². The molecule has 1 aromatic carbocycles. The predicted octanol–water partition coefficient (Wildman–Crippen LogP) is 2.79. The van der Waals surface area contributed by atoms with Crippen LogP contribution >= 0.6 is 0 Å². The number of benzene rings is 1. The molecule has 1 aromatic rings. The Balaban J connectivity index is 2.23. The molecule has 0 amide bonds. The highest BCUT2D eigenvalue weighted by atomic mass is 16.5. The van der Waals surface area contributed by atoms with Gasteiger partial charge in [0.1, 0.15) is 5.75 Å². The fourth-order valence-corrected chi connectivity index (χ4v) is 1.49. The lowest BCUT2D eigenvalue weighted by Gasteiger charge is -2.06. The Morgan fingerprint density at radius 1 is 1.38 bits per heavy atom. The van der Waals surface area contributed by atoms with Gasteiger partial charge in [-0.2, -0.15) is 0 Å². The molecule has 0 saturated heterocycles. The summed E-state index contributed by atoms with van der Waals surface area (Å²) in [4.78, 5) is 0. The van der Waals surface area contributed by atoms with Crippen LogP contribution in [0.2, 0.25) is 0 Å². The van der Waals surface area contributed by atoms with Gasteiger partial charge in [0.2, 0.25) is 0 Å². The average molecular weight is 219 g/mol. The van der Waals surface area contributed by atoms with Gasteiger partial charge in [0.25, 0.3) is 0 Å². The molecule has 1 N–H and O–H groups in total. The summed E-state index contributed by atoms with van der Waals surface area (Å²) in [6.07, 6.45) is 2.09. The number of rotatable bonds is 7. The normalized spacial score (nSPS) is 10.1. The fourth-order valence-electron chi connectivity index (χ4n) is 1.49. The summed E-state index contributed by atoms with van der Waals surface area (Å²) in [6.45, 7) is 7.95. The molecule has 0 unspecified atom stereocenters. The highest BCUT2D eigenvalue weighted by Crippen LogP contribution is 2.12. The maximum Gasteiger partial charge on any atom is 0.119 e. The van der Waals surface area contributed by atoms with E-state index < -0.39 is 0 Å². The van der Waals surface area contributed by atoms with Gasteiger partial charge in [0.05, 0.1) is 7.11 Å². The van der Waals surface area contributed by atoms with E-state index in [-0.39, 0.29) is 0 Å². The molecule has 0 saturated carbocycles. The molecule has 0 spiro atoms. The van der Waals surface area contributed by atoms with Crippen LogP contribution in [-0.2, 0) is 6.42 Å². The Hall–Kier alpha value is -1.28. The molecule has 0 bridgehead atoms. The summed E-state index contributed by atoms with van der Waals surface area (Å²) in [5.41, 5.74) is 2.54. The molecular weight excluding hydrogens is 198 g/mol. The molecular formula is C14H21NO. The first-order valence-corrected chi connectivity index (χ1v) is 5.70. The van der Waals surface area contributed by atoms with Crippen LogP contribution in [0.5, 0.6) is 5.75 Å². The molecule has 0 heterocycles. The third-order valence-corrected chi connectivity index (χ3v) is 2.45. The first kappa shape index (κ1) is 12.8. The van der Waals surface area contributed by atoms with Crippen LogP contribution in [0.1, 0.15) is 18.9 Å². The summed E-state index contributed by atoms with van der Waals surface area (Å²) in [6, 6.07) is 8.21. The van der Waals surface area contributed by atoms with Crippen molar-refractivity contribution in [3.8, 4) is 5.75 Å². The van der Waals surface area contributed by atoms with Crippen molar-refractivity contribution >= 4 is 0 Å². The number of hydrogen-bond acceptors (Lipinski definition) is 2. The van der Waals surface area contributed by atoms with Gasteiger partial charge < -0.3 is 10.1 Å². The van der Waals surface area contributed by atoms with Crippen LogP contribution in [0.25, 0.3) is 0 Å². The minimum absolute atomic E-state index is 0.930. The summed E-state index contributed by atoms with van der Waals surface area (Å²) >= 11 is 0. The van der Waals surface area contributed by atoms with Gasteiger partial charge >= 0.3 is 0 Å². The zero-order valence-electron chi connectivity index (χ0n) is 10.3. The largest absolute Gasteiger partial charge is 0.497 e. The standard InChI is InChI=1S/C14H21NO/c1-12(2)7-9-15-10-8-13-5-4-6-14(11-13)16-3/h4-6,11,15H,1,7-10H2,2-3H3. The highest BCUT2D eigenvalue weighted by molar-refractivity contribution is 5.28. The zero-order chi connectivity index (χ0) is 11.8. The smallest absolute Gasteiger partial charge is 0.119 e. The van der Waals surface area contributed by atoms with Gasteiger partial charge in [0, 0.05) is 0 Å². The molecule has 0 fully saturated rings. The second kappa shape index (κ2) is 7.07. The molecule has 0 radical (unpaired) electrons. The zero-order valence-corrected chi connectivity index (χ0v) is 10.3. The van der Waals surface area contributed by atoms with E-state index in [2.05, 4.69) is 31.0 Å². The van der Waals surface area contributed by atoms with E-state index >= 15 is 0 Å². The summed E-state index contributed by atoms with van der Waals surface area (Å²) < 4.78 is 5.18. The lowest BCUT2D eigenvalue weighted by Crippen LogP contribution is -2.18. The molecule has 1 rings (SSSR count). The van der Waals surface area contributed by atoms with Gasteiger partial charge in [-0.15, -0.1) is 6.58 Å². The van der Waals surface area contributed by atoms with Crippen molar-refractivity contribution in [2.45, 2.75) is 19.8 Å². The van der Waals surface area contributed by atoms with E-state index in [1.807, 2.05) is 12.1 Å². The van der Waals surface area contributed by atoms with Crippen LogP contribution in [0.15, 0.2) is 36.4 Å². The third-order valence-electron chi connectivity index (χ3n) is 2.45. The van der Waals surface area contributed by atoms with Gasteiger partial charge in [0.15, 0.2) is 0 Å². The quantitative estimate of drug-likeness (QED) is 0.562. The van der Waals surface area contributed by atoms with Crippen LogP contribution in [0, 0.1) is 0 Å². The molecule has 0 aliphatic rings. The molecule has 0 aromatic heterocycles. The Morgan fingerprint density at radius 3 is 2.88 bits per heavy atom. The van der Waals surface area contributed by atoms with Crippen molar-refractivity contribution in [2.75, 3.05) is 20.2 Å². The molecule has 16 heavy (non-hydrogen) atoms. The molecule has 88 valence electrons. The maximum atomic E-state index is 5.18. The molecule has 0 atom stereocenters. The van der Waals surface area contributed by atoms with Crippen molar-refractivity contribution in [1.29, 1.82) is 0 Å². The second-order valence-corrected chi connectivity index (χ2v) is 4.06. The van der Waals surface area contributed by atoms with Crippen molar-refractivity contribution in [3.63, 3.8) is 0 Å². The number of hydrogen-bond donors (Lipinski definition) is 1. The van der Waals surface area contributed by atoms with Crippen molar-refractivity contribution < 1.29 is 4.74 Å². The minimum Gasteiger partial charge on any atom is -0.497 e. The molecule has 2 heteroatoms. The van der Waals surface area contributed by atoms with Gasteiger partial charge in [-0.1, -0.05) is 17.7 Å². The van der Waals surface area contributed by atoms with Crippen LogP contribution in [0.3, 0.4) is 0 Å². The summed E-state index contributed by atoms with van der Waals surface area (Å²) in [5, 5.41) is 3.40. The molecule has 2 nitrogen and oxygen atoms in total. The predicted molar refractivity (Wildman–Crippen MR) is 69.0 cm³/mol. The van der Waals surface area contributed by atoms with Gasteiger partial charge in [-0.25, -0.2) is 0 Å². The molecule has 0 aliphatic carbocycles. The monoisotopic (exact) mass is 219 g/mol. The Bertz CT molecular complexity index is 333. The summed E-state index contributed by atoms with van der Waals surface area (Å²) in [5.74, 6) is 0.930. The number of ether oxygens (including phenoxy) is 1. The van der Waals surface area contributed by atoms with Crippen molar-refractivity contribution in [1.82, 2.24) is 5.32 Å². The third kappa shape index (κ3) is 4.99. The van der Waals surface area contributed by atoms with E-state index in [0.29, 0.717) is 0 Å². The summed E-state index contributed by atoms with van der Waals surface area (Å²) in [7, 11) is 1.70. The number of nitrogens with one attached hydrogen (secondary N) is 1. The van der Waals surface area contributed by atoms with E-state index in [1.165, 1.54) is 11.1 Å². The fraction of sp³-hybridized carbons (Fsp3) is 0.429. The Kier molecular flexibility index (Phi) is 5.65. The lowest BCUT2D eigenvalue weighted by atomic mass is 10.1. The second-order valence-electron chi connectivity index (χ2n) is 4.06. The number of methoxy groups -OCH3 is 1. The van der Waals surface area contributed by atoms with E-state index in [1.54, 1.807) is 7.11 Å². The Morgan fingerprint density at radius 2 is 2.19 bits per heavy atom. The topological polar surface area (TPSA) is 21.3 Å². The van der Waals surface area contributed by atoms with Gasteiger partial charge in [-0.3, -0.25) is 0 Å². The highest BCUT2D eigenvalue weighted by Gasteiger charge is 1.95. The van der Waals surface area contributed by atoms with Crippen molar-refractivity contribution in [3.05, 3.63) is 42.0 Å². The first-order chi connectivity index (χ1) is 7.72.